The van der Waals surface area contributed by atoms with Crippen molar-refractivity contribution in [3.05, 3.63) is 95.0 Å². The van der Waals surface area contributed by atoms with Crippen molar-refractivity contribution in [2.24, 2.45) is 5.10 Å². The van der Waals surface area contributed by atoms with E-state index in [9.17, 15) is 4.79 Å². The Morgan fingerprint density at radius 3 is 2.42 bits per heavy atom. The van der Waals surface area contributed by atoms with Crippen LogP contribution in [-0.4, -0.2) is 23.7 Å². The molecule has 154 valence electrons. The standard InChI is InChI=1S/C25H20ClN3O2/c1-16(17-9-13-20(31-2)14-10-17)28-29-25(30)22-15-24(18-7-11-19(26)12-8-18)27-23-6-4-3-5-21(22)23/h3-15H,1-2H3,(H,29,30)/b28-16+. The molecule has 1 N–H and O–H groups in total. The van der Waals surface area contributed by atoms with Crippen LogP contribution in [0.1, 0.15) is 22.8 Å². The monoisotopic (exact) mass is 429 g/mol. The molecule has 0 saturated heterocycles. The third-order valence-electron chi connectivity index (χ3n) is 4.93. The third kappa shape index (κ3) is 4.57. The number of para-hydroxylation sites is 1. The number of hydrazone groups is 1. The molecule has 0 aliphatic rings. The van der Waals surface area contributed by atoms with Gasteiger partial charge in [-0.25, -0.2) is 10.4 Å². The van der Waals surface area contributed by atoms with Crippen LogP contribution in [0.25, 0.3) is 22.2 Å². The highest BCUT2D eigenvalue weighted by Gasteiger charge is 2.14. The van der Waals surface area contributed by atoms with Gasteiger partial charge in [-0.1, -0.05) is 41.9 Å². The summed E-state index contributed by atoms with van der Waals surface area (Å²) in [5.41, 5.74) is 7.06. The summed E-state index contributed by atoms with van der Waals surface area (Å²) >= 11 is 6.01. The molecule has 0 atom stereocenters. The number of methoxy groups -OCH3 is 1. The Hall–Kier alpha value is -3.70. The Morgan fingerprint density at radius 1 is 1.00 bits per heavy atom. The molecule has 0 radical (unpaired) electrons. The van der Waals surface area contributed by atoms with Crippen molar-refractivity contribution in [3.63, 3.8) is 0 Å². The highest BCUT2D eigenvalue weighted by molar-refractivity contribution is 6.30. The molecule has 1 heterocycles. The van der Waals surface area contributed by atoms with Gasteiger partial charge < -0.3 is 4.74 Å². The van der Waals surface area contributed by atoms with E-state index in [0.717, 1.165) is 27.8 Å². The number of hydrogen-bond donors (Lipinski definition) is 1. The van der Waals surface area contributed by atoms with Gasteiger partial charge in [-0.3, -0.25) is 4.79 Å². The first-order valence-electron chi connectivity index (χ1n) is 9.70. The second-order valence-electron chi connectivity index (χ2n) is 6.95. The number of benzene rings is 3. The Bertz CT molecular complexity index is 1270. The van der Waals surface area contributed by atoms with Crippen LogP contribution in [0.3, 0.4) is 0 Å². The van der Waals surface area contributed by atoms with Gasteiger partial charge in [0.15, 0.2) is 0 Å². The number of carbonyl (C=O) groups excluding carboxylic acids is 1. The summed E-state index contributed by atoms with van der Waals surface area (Å²) in [5, 5.41) is 5.69. The molecular formula is C25H20ClN3O2. The maximum absolute atomic E-state index is 13.0. The van der Waals surface area contributed by atoms with Gasteiger partial charge in [0.25, 0.3) is 5.91 Å². The summed E-state index contributed by atoms with van der Waals surface area (Å²) in [6, 6.07) is 24.2. The van der Waals surface area contributed by atoms with Crippen molar-refractivity contribution < 1.29 is 9.53 Å². The van der Waals surface area contributed by atoms with Crippen molar-refractivity contribution in [1.82, 2.24) is 10.4 Å². The second-order valence-corrected chi connectivity index (χ2v) is 7.38. The zero-order valence-electron chi connectivity index (χ0n) is 17.1. The molecule has 5 nitrogen and oxygen atoms in total. The van der Waals surface area contributed by atoms with Crippen molar-refractivity contribution in [1.29, 1.82) is 0 Å². The maximum Gasteiger partial charge on any atom is 0.272 e. The van der Waals surface area contributed by atoms with E-state index in [1.54, 1.807) is 25.3 Å². The van der Waals surface area contributed by atoms with Crippen LogP contribution in [0.2, 0.25) is 5.02 Å². The SMILES string of the molecule is COc1ccc(/C(C)=N/NC(=O)c2cc(-c3ccc(Cl)cc3)nc3ccccc23)cc1. The van der Waals surface area contributed by atoms with Crippen LogP contribution in [0, 0.1) is 0 Å². The lowest BCUT2D eigenvalue weighted by molar-refractivity contribution is 0.0956. The maximum atomic E-state index is 13.0. The lowest BCUT2D eigenvalue weighted by Gasteiger charge is -2.10. The highest BCUT2D eigenvalue weighted by Crippen LogP contribution is 2.26. The molecule has 31 heavy (non-hydrogen) atoms. The van der Waals surface area contributed by atoms with Gasteiger partial charge in [0.1, 0.15) is 5.75 Å². The molecule has 4 aromatic rings. The molecule has 0 bridgehead atoms. The zero-order chi connectivity index (χ0) is 21.8. The molecule has 0 fully saturated rings. The summed E-state index contributed by atoms with van der Waals surface area (Å²) in [4.78, 5) is 17.8. The van der Waals surface area contributed by atoms with E-state index in [4.69, 9.17) is 21.3 Å². The molecule has 3 aromatic carbocycles. The van der Waals surface area contributed by atoms with Crippen LogP contribution < -0.4 is 10.2 Å². The van der Waals surface area contributed by atoms with Crippen LogP contribution in [0.15, 0.2) is 84.0 Å². The number of nitrogens with zero attached hydrogens (tertiary/aromatic N) is 2. The summed E-state index contributed by atoms with van der Waals surface area (Å²) in [5.74, 6) is 0.459. The van der Waals surface area contributed by atoms with Crippen LogP contribution >= 0.6 is 11.6 Å². The molecule has 6 heteroatoms. The molecule has 1 amide bonds. The molecule has 0 aliphatic carbocycles. The highest BCUT2D eigenvalue weighted by atomic mass is 35.5. The molecule has 1 aromatic heterocycles. The molecule has 4 rings (SSSR count). The van der Waals surface area contributed by atoms with E-state index in [0.29, 0.717) is 22.0 Å². The molecule has 0 saturated carbocycles. The Morgan fingerprint density at radius 2 is 1.71 bits per heavy atom. The number of ether oxygens (including phenoxy) is 1. The van der Waals surface area contributed by atoms with Gasteiger partial charge in [0.05, 0.1) is 29.6 Å². The van der Waals surface area contributed by atoms with Gasteiger partial charge in [-0.15, -0.1) is 0 Å². The minimum Gasteiger partial charge on any atom is -0.497 e. The second kappa shape index (κ2) is 8.98. The molecule has 0 unspecified atom stereocenters. The predicted molar refractivity (Wildman–Crippen MR) is 125 cm³/mol. The Labute approximate surface area is 185 Å². The van der Waals surface area contributed by atoms with Crippen LogP contribution in [0.4, 0.5) is 0 Å². The first-order valence-corrected chi connectivity index (χ1v) is 10.1. The van der Waals surface area contributed by atoms with Crippen LogP contribution in [0.5, 0.6) is 5.75 Å². The fourth-order valence-electron chi connectivity index (χ4n) is 3.22. The fraction of sp³-hybridized carbons (Fsp3) is 0.0800. The quantitative estimate of drug-likeness (QED) is 0.326. The average Bonchev–Trinajstić information content (AvgIpc) is 2.82. The summed E-state index contributed by atoms with van der Waals surface area (Å²) in [6.07, 6.45) is 0. The smallest absolute Gasteiger partial charge is 0.272 e. The minimum atomic E-state index is -0.304. The zero-order valence-corrected chi connectivity index (χ0v) is 17.9. The van der Waals surface area contributed by atoms with E-state index in [1.165, 1.54) is 0 Å². The first kappa shape index (κ1) is 20.6. The normalized spacial score (nSPS) is 11.4. The van der Waals surface area contributed by atoms with Gasteiger partial charge in [-0.05, 0) is 61.0 Å². The number of hydrogen-bond acceptors (Lipinski definition) is 4. The van der Waals surface area contributed by atoms with Gasteiger partial charge in [-0.2, -0.15) is 5.10 Å². The van der Waals surface area contributed by atoms with E-state index in [2.05, 4.69) is 10.5 Å². The van der Waals surface area contributed by atoms with Gasteiger partial charge in [0, 0.05) is 16.0 Å². The summed E-state index contributed by atoms with van der Waals surface area (Å²) in [6.45, 7) is 1.84. The fourth-order valence-corrected chi connectivity index (χ4v) is 3.35. The minimum absolute atomic E-state index is 0.304. The number of rotatable bonds is 5. The van der Waals surface area contributed by atoms with E-state index >= 15 is 0 Å². The first-order chi connectivity index (χ1) is 15.0. The molecule has 0 aliphatic heterocycles. The Kier molecular flexibility index (Phi) is 5.96. The largest absolute Gasteiger partial charge is 0.497 e. The van der Waals surface area contributed by atoms with Crippen molar-refractivity contribution in [3.8, 4) is 17.0 Å². The lowest BCUT2D eigenvalue weighted by atomic mass is 10.0. The van der Waals surface area contributed by atoms with E-state index in [1.807, 2.05) is 67.6 Å². The predicted octanol–water partition coefficient (Wildman–Crippen LogP) is 5.72. The molecule has 0 spiro atoms. The number of halogens is 1. The van der Waals surface area contributed by atoms with E-state index in [-0.39, 0.29) is 5.91 Å². The summed E-state index contributed by atoms with van der Waals surface area (Å²) in [7, 11) is 1.62. The van der Waals surface area contributed by atoms with Gasteiger partial charge in [0.2, 0.25) is 0 Å². The summed E-state index contributed by atoms with van der Waals surface area (Å²) < 4.78 is 5.18. The van der Waals surface area contributed by atoms with E-state index < -0.39 is 0 Å². The number of pyridine rings is 1. The topological polar surface area (TPSA) is 63.6 Å². The molecular weight excluding hydrogens is 410 g/mol. The number of aromatic nitrogens is 1. The number of fused-ring (bicyclic) bond motifs is 1. The van der Waals surface area contributed by atoms with Crippen LogP contribution in [-0.2, 0) is 0 Å². The number of nitrogens with one attached hydrogen (secondary N) is 1. The van der Waals surface area contributed by atoms with Crippen molar-refractivity contribution in [2.45, 2.75) is 6.92 Å². The van der Waals surface area contributed by atoms with Crippen molar-refractivity contribution >= 4 is 34.1 Å². The van der Waals surface area contributed by atoms with Crippen molar-refractivity contribution in [2.75, 3.05) is 7.11 Å². The average molecular weight is 430 g/mol. The Balaban J connectivity index is 1.67. The number of carbonyl (C=O) groups is 1. The van der Waals surface area contributed by atoms with Gasteiger partial charge >= 0.3 is 0 Å². The third-order valence-corrected chi connectivity index (χ3v) is 5.19. The number of amides is 1. The lowest BCUT2D eigenvalue weighted by Crippen LogP contribution is -2.20.